The Morgan fingerprint density at radius 2 is 1.92 bits per heavy atom. The van der Waals surface area contributed by atoms with E-state index in [-0.39, 0.29) is 5.91 Å². The first kappa shape index (κ1) is 25.0. The van der Waals surface area contributed by atoms with E-state index in [1.807, 2.05) is 23.1 Å². The summed E-state index contributed by atoms with van der Waals surface area (Å²) in [6, 6.07) is 10.2. The summed E-state index contributed by atoms with van der Waals surface area (Å²) in [7, 11) is 1.71. The summed E-state index contributed by atoms with van der Waals surface area (Å²) in [6.07, 6.45) is 2.48. The minimum atomic E-state index is 0.278. The number of hydrogen-bond donors (Lipinski definition) is 1. The minimum absolute atomic E-state index is 0.278. The molecule has 0 radical (unpaired) electrons. The van der Waals surface area contributed by atoms with Crippen molar-refractivity contribution < 1.29 is 18.8 Å². The smallest absolute Gasteiger partial charge is 0.222 e. The second kappa shape index (κ2) is 12.1. The molecule has 196 valence electrons. The molecule has 5 rings (SSSR count). The lowest BCUT2D eigenvalue weighted by atomic mass is 9.81. The van der Waals surface area contributed by atoms with Gasteiger partial charge in [-0.2, -0.15) is 0 Å². The van der Waals surface area contributed by atoms with Gasteiger partial charge in [-0.05, 0) is 49.9 Å². The number of anilines is 1. The van der Waals surface area contributed by atoms with Crippen molar-refractivity contribution >= 4 is 11.6 Å². The van der Waals surface area contributed by atoms with E-state index < -0.39 is 0 Å². The summed E-state index contributed by atoms with van der Waals surface area (Å²) >= 11 is 0. The van der Waals surface area contributed by atoms with Crippen molar-refractivity contribution in [2.24, 2.45) is 11.8 Å². The fraction of sp³-hybridized carbons (Fsp3) is 0.630. The summed E-state index contributed by atoms with van der Waals surface area (Å²) in [5.41, 5.74) is 2.10. The number of amides is 1. The van der Waals surface area contributed by atoms with Crippen LogP contribution in [-0.2, 0) is 22.5 Å². The van der Waals surface area contributed by atoms with Crippen molar-refractivity contribution in [3.63, 3.8) is 0 Å². The SMILES string of the molecule is COc1ccccc1N1CCN(C(=O)C[C@H]2CCNC[C@@H]2Cc2cc(CN3CCOCC3)on2)CC1. The summed E-state index contributed by atoms with van der Waals surface area (Å²) in [5, 5.41) is 7.88. The van der Waals surface area contributed by atoms with Crippen LogP contribution < -0.4 is 15.0 Å². The number of nitrogens with one attached hydrogen (secondary N) is 1. The highest BCUT2D eigenvalue weighted by Gasteiger charge is 2.31. The number of hydrogen-bond acceptors (Lipinski definition) is 8. The van der Waals surface area contributed by atoms with Crippen LogP contribution in [0.5, 0.6) is 5.75 Å². The molecule has 1 amide bonds. The fourth-order valence-electron chi connectivity index (χ4n) is 5.70. The topological polar surface area (TPSA) is 83.3 Å². The van der Waals surface area contributed by atoms with Crippen LogP contribution in [0, 0.1) is 11.8 Å². The van der Waals surface area contributed by atoms with Crippen molar-refractivity contribution in [3.05, 3.63) is 41.8 Å². The van der Waals surface area contributed by atoms with Gasteiger partial charge < -0.3 is 29.1 Å². The number of piperidine rings is 1. The molecule has 1 N–H and O–H groups in total. The van der Waals surface area contributed by atoms with Gasteiger partial charge in [-0.1, -0.05) is 17.3 Å². The minimum Gasteiger partial charge on any atom is -0.495 e. The number of benzene rings is 1. The molecule has 0 bridgehead atoms. The number of rotatable bonds is 8. The zero-order valence-corrected chi connectivity index (χ0v) is 21.4. The predicted octanol–water partition coefficient (Wildman–Crippen LogP) is 2.02. The molecular weight excluding hydrogens is 458 g/mol. The average molecular weight is 498 g/mol. The molecular formula is C27H39N5O4. The number of aromatic nitrogens is 1. The van der Waals surface area contributed by atoms with Crippen LogP contribution in [0.15, 0.2) is 34.9 Å². The Hall–Kier alpha value is -2.62. The maximum atomic E-state index is 13.3. The molecule has 0 saturated carbocycles. The number of ether oxygens (including phenoxy) is 2. The second-order valence-electron chi connectivity index (χ2n) is 10.1. The first-order valence-corrected chi connectivity index (χ1v) is 13.3. The fourth-order valence-corrected chi connectivity index (χ4v) is 5.70. The monoisotopic (exact) mass is 497 g/mol. The normalized spacial score (nSPS) is 23.6. The number of morpholine rings is 1. The van der Waals surface area contributed by atoms with E-state index in [4.69, 9.17) is 14.0 Å². The van der Waals surface area contributed by atoms with Gasteiger partial charge in [-0.25, -0.2) is 0 Å². The van der Waals surface area contributed by atoms with Crippen LogP contribution >= 0.6 is 0 Å². The number of nitrogens with zero attached hydrogens (tertiary/aromatic N) is 4. The van der Waals surface area contributed by atoms with Gasteiger partial charge in [-0.15, -0.1) is 0 Å². The molecule has 0 spiro atoms. The highest BCUT2D eigenvalue weighted by atomic mass is 16.5. The second-order valence-corrected chi connectivity index (χ2v) is 10.1. The quantitative estimate of drug-likeness (QED) is 0.593. The van der Waals surface area contributed by atoms with Crippen LogP contribution in [0.25, 0.3) is 0 Å². The highest BCUT2D eigenvalue weighted by molar-refractivity contribution is 5.77. The Bertz CT molecular complexity index is 984. The van der Waals surface area contributed by atoms with Crippen molar-refractivity contribution in [3.8, 4) is 5.75 Å². The van der Waals surface area contributed by atoms with Crippen molar-refractivity contribution in [1.82, 2.24) is 20.3 Å². The van der Waals surface area contributed by atoms with Gasteiger partial charge in [-0.3, -0.25) is 9.69 Å². The van der Waals surface area contributed by atoms with Gasteiger partial charge in [0.25, 0.3) is 0 Å². The predicted molar refractivity (Wildman–Crippen MR) is 137 cm³/mol. The molecule has 0 unspecified atom stereocenters. The lowest BCUT2D eigenvalue weighted by Gasteiger charge is -2.38. The van der Waals surface area contributed by atoms with E-state index in [1.165, 1.54) is 0 Å². The Morgan fingerprint density at radius 1 is 1.11 bits per heavy atom. The molecule has 0 aliphatic carbocycles. The van der Waals surface area contributed by atoms with Crippen LogP contribution in [0.4, 0.5) is 5.69 Å². The Labute approximate surface area is 213 Å². The standard InChI is InChI=1S/C27H39N5O4/c1-34-26-5-3-2-4-25(26)31-8-10-32(11-9-31)27(33)17-21-6-7-28-19-22(21)16-23-18-24(36-29-23)20-30-12-14-35-15-13-30/h2-5,18,21-22,28H,6-17,19-20H2,1H3/t21-,22+/m1/s1. The van der Waals surface area contributed by atoms with E-state index in [2.05, 4.69) is 32.4 Å². The Balaban J connectivity index is 1.12. The van der Waals surface area contributed by atoms with Crippen molar-refractivity contribution in [2.75, 3.05) is 77.6 Å². The highest BCUT2D eigenvalue weighted by Crippen LogP contribution is 2.30. The number of piperazine rings is 1. The molecule has 1 aromatic heterocycles. The molecule has 3 saturated heterocycles. The van der Waals surface area contributed by atoms with E-state index in [1.54, 1.807) is 7.11 Å². The first-order valence-electron chi connectivity index (χ1n) is 13.3. The summed E-state index contributed by atoms with van der Waals surface area (Å²) in [5.74, 6) is 2.83. The van der Waals surface area contributed by atoms with E-state index in [9.17, 15) is 4.79 Å². The molecule has 3 fully saturated rings. The average Bonchev–Trinajstić information content (AvgIpc) is 3.37. The first-order chi connectivity index (χ1) is 17.7. The number of methoxy groups -OCH3 is 1. The zero-order chi connectivity index (χ0) is 24.7. The third-order valence-corrected chi connectivity index (χ3v) is 7.82. The Morgan fingerprint density at radius 3 is 2.72 bits per heavy atom. The van der Waals surface area contributed by atoms with Gasteiger partial charge in [0.1, 0.15) is 5.75 Å². The van der Waals surface area contributed by atoms with Crippen LogP contribution in [0.2, 0.25) is 0 Å². The maximum Gasteiger partial charge on any atom is 0.222 e. The molecule has 2 atom stereocenters. The van der Waals surface area contributed by atoms with Crippen molar-refractivity contribution in [2.45, 2.75) is 25.8 Å². The largest absolute Gasteiger partial charge is 0.495 e. The molecule has 3 aliphatic rings. The third kappa shape index (κ3) is 6.19. The van der Waals surface area contributed by atoms with E-state index >= 15 is 0 Å². The molecule has 3 aliphatic heterocycles. The zero-order valence-electron chi connectivity index (χ0n) is 21.4. The lowest BCUT2D eigenvalue weighted by molar-refractivity contribution is -0.133. The van der Waals surface area contributed by atoms with Gasteiger partial charge in [0.05, 0.1) is 38.2 Å². The molecule has 1 aromatic carbocycles. The summed E-state index contributed by atoms with van der Waals surface area (Å²) in [4.78, 5) is 20.0. The van der Waals surface area contributed by atoms with E-state index in [0.717, 1.165) is 108 Å². The van der Waals surface area contributed by atoms with Gasteiger partial charge >= 0.3 is 0 Å². The maximum absolute atomic E-state index is 13.3. The summed E-state index contributed by atoms with van der Waals surface area (Å²) < 4.78 is 16.6. The number of carbonyl (C=O) groups excluding carboxylic acids is 1. The van der Waals surface area contributed by atoms with Gasteiger partial charge in [0.2, 0.25) is 5.91 Å². The van der Waals surface area contributed by atoms with Gasteiger partial charge in [0, 0.05) is 51.8 Å². The summed E-state index contributed by atoms with van der Waals surface area (Å²) in [6.45, 7) is 9.24. The van der Waals surface area contributed by atoms with Crippen molar-refractivity contribution in [1.29, 1.82) is 0 Å². The molecule has 2 aromatic rings. The van der Waals surface area contributed by atoms with Crippen LogP contribution in [-0.4, -0.2) is 93.5 Å². The number of para-hydroxylation sites is 2. The lowest BCUT2D eigenvalue weighted by Crippen LogP contribution is -2.50. The Kier molecular flexibility index (Phi) is 8.40. The van der Waals surface area contributed by atoms with Crippen LogP contribution in [0.3, 0.4) is 0 Å². The molecule has 9 nitrogen and oxygen atoms in total. The molecule has 9 heteroatoms. The van der Waals surface area contributed by atoms with E-state index in [0.29, 0.717) is 18.3 Å². The third-order valence-electron chi connectivity index (χ3n) is 7.82. The van der Waals surface area contributed by atoms with Gasteiger partial charge in [0.15, 0.2) is 5.76 Å². The number of carbonyl (C=O) groups is 1. The van der Waals surface area contributed by atoms with Crippen LogP contribution in [0.1, 0.15) is 24.3 Å². The molecule has 36 heavy (non-hydrogen) atoms. The molecule has 4 heterocycles.